The average Bonchev–Trinajstić information content (AvgIpc) is 2.83. The van der Waals surface area contributed by atoms with Crippen LogP contribution in [0.2, 0.25) is 0 Å². The zero-order valence-corrected chi connectivity index (χ0v) is 14.6. The Morgan fingerprint density at radius 2 is 2.10 bits per heavy atom. The average molecular weight is 373 g/mol. The number of fused-ring (bicyclic) bond motifs is 1. The number of amides is 1. The van der Waals surface area contributed by atoms with E-state index < -0.39 is 0 Å². The molecule has 0 N–H and O–H groups in total. The van der Waals surface area contributed by atoms with Gasteiger partial charge in [-0.15, -0.1) is 11.6 Å². The number of aromatic nitrogens is 2. The summed E-state index contributed by atoms with van der Waals surface area (Å²) < 4.78 is 3.02. The molecule has 0 saturated heterocycles. The highest BCUT2D eigenvalue weighted by atomic mass is 79.9. The zero-order chi connectivity index (χ0) is 15.4. The van der Waals surface area contributed by atoms with Gasteiger partial charge in [0.2, 0.25) is 5.91 Å². The van der Waals surface area contributed by atoms with Crippen LogP contribution in [-0.2, 0) is 17.2 Å². The maximum Gasteiger partial charge on any atom is 0.224 e. The molecule has 0 spiro atoms. The predicted octanol–water partition coefficient (Wildman–Crippen LogP) is 3.80. The quantitative estimate of drug-likeness (QED) is 0.723. The first kappa shape index (κ1) is 16.3. The number of halogens is 2. The number of hydrogen-bond donors (Lipinski definition) is 0. The van der Waals surface area contributed by atoms with Crippen molar-refractivity contribution in [2.75, 3.05) is 13.1 Å². The van der Waals surface area contributed by atoms with Gasteiger partial charge in [-0.05, 0) is 32.0 Å². The lowest BCUT2D eigenvalue weighted by Crippen LogP contribution is -2.31. The Balaban J connectivity index is 2.23. The van der Waals surface area contributed by atoms with Crippen LogP contribution in [0, 0.1) is 0 Å². The Morgan fingerprint density at radius 3 is 2.71 bits per heavy atom. The van der Waals surface area contributed by atoms with Gasteiger partial charge in [0, 0.05) is 30.5 Å². The van der Waals surface area contributed by atoms with Gasteiger partial charge in [0.15, 0.2) is 0 Å². The van der Waals surface area contributed by atoms with Crippen molar-refractivity contribution in [2.24, 2.45) is 0 Å². The number of rotatable bonds is 6. The molecule has 0 saturated carbocycles. The van der Waals surface area contributed by atoms with Gasteiger partial charge in [-0.1, -0.05) is 15.9 Å². The van der Waals surface area contributed by atoms with Crippen LogP contribution in [0.4, 0.5) is 0 Å². The summed E-state index contributed by atoms with van der Waals surface area (Å²) in [6.45, 7) is 6.09. The van der Waals surface area contributed by atoms with Crippen LogP contribution in [0.5, 0.6) is 0 Å². The van der Waals surface area contributed by atoms with Gasteiger partial charge in [0.1, 0.15) is 5.82 Å². The number of aryl methyl sites for hydroxylation is 1. The molecule has 0 aliphatic rings. The minimum atomic E-state index is 0.166. The van der Waals surface area contributed by atoms with Crippen molar-refractivity contribution in [2.45, 2.75) is 32.7 Å². The monoisotopic (exact) mass is 371 g/mol. The molecule has 0 aliphatic carbocycles. The maximum absolute atomic E-state index is 12.1. The van der Waals surface area contributed by atoms with Crippen molar-refractivity contribution in [1.82, 2.24) is 14.5 Å². The lowest BCUT2D eigenvalue weighted by molar-refractivity contribution is -0.131. The maximum atomic E-state index is 12.1. The van der Waals surface area contributed by atoms with E-state index in [9.17, 15) is 4.79 Å². The van der Waals surface area contributed by atoms with Crippen LogP contribution in [0.15, 0.2) is 22.7 Å². The Hall–Kier alpha value is -1.07. The van der Waals surface area contributed by atoms with Gasteiger partial charge in [0.25, 0.3) is 0 Å². The van der Waals surface area contributed by atoms with Crippen LogP contribution in [0.1, 0.15) is 26.1 Å². The molecule has 1 amide bonds. The van der Waals surface area contributed by atoms with Gasteiger partial charge in [0.05, 0.1) is 16.9 Å². The number of hydrogen-bond acceptors (Lipinski definition) is 2. The number of nitrogens with zero attached hydrogens (tertiary/aromatic N) is 3. The van der Waals surface area contributed by atoms with E-state index in [0.717, 1.165) is 34.4 Å². The van der Waals surface area contributed by atoms with E-state index in [0.29, 0.717) is 18.8 Å². The van der Waals surface area contributed by atoms with Crippen LogP contribution >= 0.6 is 27.5 Å². The Kier molecular flexibility index (Phi) is 5.65. The molecular weight excluding hydrogens is 354 g/mol. The van der Waals surface area contributed by atoms with Crippen LogP contribution in [0.25, 0.3) is 11.0 Å². The summed E-state index contributed by atoms with van der Waals surface area (Å²) in [5.74, 6) is 1.31. The molecule has 6 heteroatoms. The summed E-state index contributed by atoms with van der Waals surface area (Å²) in [6.07, 6.45) is 0.465. The van der Waals surface area contributed by atoms with Crippen molar-refractivity contribution < 1.29 is 4.79 Å². The first-order valence-corrected chi connectivity index (χ1v) is 8.41. The number of alkyl halides is 1. The van der Waals surface area contributed by atoms with Gasteiger partial charge in [-0.2, -0.15) is 0 Å². The smallest absolute Gasteiger partial charge is 0.224 e. The number of carbonyl (C=O) groups excluding carboxylic acids is 1. The molecule has 2 aromatic rings. The van der Waals surface area contributed by atoms with E-state index in [-0.39, 0.29) is 5.91 Å². The second-order valence-electron chi connectivity index (χ2n) is 4.76. The molecule has 114 valence electrons. The second-order valence-corrected chi connectivity index (χ2v) is 5.95. The molecule has 1 aromatic heterocycles. The first-order chi connectivity index (χ1) is 10.1. The summed E-state index contributed by atoms with van der Waals surface area (Å²) in [4.78, 5) is 18.5. The zero-order valence-electron chi connectivity index (χ0n) is 12.3. The molecule has 0 unspecified atom stereocenters. The molecule has 2 rings (SSSR count). The minimum Gasteiger partial charge on any atom is -0.343 e. The molecule has 1 aromatic carbocycles. The van der Waals surface area contributed by atoms with Crippen molar-refractivity contribution >= 4 is 44.5 Å². The molecular formula is C15H19BrClN3O. The summed E-state index contributed by atoms with van der Waals surface area (Å²) in [5.41, 5.74) is 1.91. The third-order valence-corrected chi connectivity index (χ3v) is 4.31. The fourth-order valence-corrected chi connectivity index (χ4v) is 3.00. The van der Waals surface area contributed by atoms with Crippen LogP contribution in [0.3, 0.4) is 0 Å². The second kappa shape index (κ2) is 7.27. The van der Waals surface area contributed by atoms with E-state index in [1.54, 1.807) is 0 Å². The highest BCUT2D eigenvalue weighted by Gasteiger charge is 2.14. The Bertz CT molecular complexity index is 637. The molecule has 0 fully saturated rings. The highest BCUT2D eigenvalue weighted by molar-refractivity contribution is 9.10. The standard InChI is InChI=1S/C15H19BrClN3O/c1-3-19(4-2)15(21)7-8-20-13-6-5-11(16)9-12(13)18-14(20)10-17/h5-6,9H,3-4,7-8,10H2,1-2H3. The van der Waals surface area contributed by atoms with Crippen LogP contribution < -0.4 is 0 Å². The molecule has 0 bridgehead atoms. The predicted molar refractivity (Wildman–Crippen MR) is 89.5 cm³/mol. The Labute approximate surface area is 138 Å². The Morgan fingerprint density at radius 1 is 1.38 bits per heavy atom. The van der Waals surface area contributed by atoms with Gasteiger partial charge < -0.3 is 9.47 Å². The normalized spacial score (nSPS) is 11.0. The first-order valence-electron chi connectivity index (χ1n) is 7.09. The van der Waals surface area contributed by atoms with Gasteiger partial charge >= 0.3 is 0 Å². The topological polar surface area (TPSA) is 38.1 Å². The number of imidazole rings is 1. The van der Waals surface area contributed by atoms with E-state index in [4.69, 9.17) is 11.6 Å². The molecule has 1 heterocycles. The number of carbonyl (C=O) groups is 1. The van der Waals surface area contributed by atoms with Crippen molar-refractivity contribution in [3.05, 3.63) is 28.5 Å². The van der Waals surface area contributed by atoms with E-state index >= 15 is 0 Å². The van der Waals surface area contributed by atoms with Crippen molar-refractivity contribution in [3.63, 3.8) is 0 Å². The summed E-state index contributed by atoms with van der Waals surface area (Å²) in [7, 11) is 0. The summed E-state index contributed by atoms with van der Waals surface area (Å²) in [5, 5.41) is 0. The lowest BCUT2D eigenvalue weighted by Gasteiger charge is -2.19. The van der Waals surface area contributed by atoms with Gasteiger partial charge in [-0.25, -0.2) is 4.98 Å². The van der Waals surface area contributed by atoms with Crippen molar-refractivity contribution in [1.29, 1.82) is 0 Å². The van der Waals surface area contributed by atoms with Crippen molar-refractivity contribution in [3.8, 4) is 0 Å². The summed E-state index contributed by atoms with van der Waals surface area (Å²) in [6, 6.07) is 5.95. The van der Waals surface area contributed by atoms with Crippen LogP contribution in [-0.4, -0.2) is 33.4 Å². The fourth-order valence-electron chi connectivity index (χ4n) is 2.45. The lowest BCUT2D eigenvalue weighted by atomic mass is 10.3. The molecule has 0 aliphatic heterocycles. The largest absolute Gasteiger partial charge is 0.343 e. The van der Waals surface area contributed by atoms with E-state index in [1.165, 1.54) is 0 Å². The van der Waals surface area contributed by atoms with E-state index in [1.807, 2.05) is 41.5 Å². The third kappa shape index (κ3) is 3.58. The number of benzene rings is 1. The highest BCUT2D eigenvalue weighted by Crippen LogP contribution is 2.22. The SMILES string of the molecule is CCN(CC)C(=O)CCn1c(CCl)nc2cc(Br)ccc21. The van der Waals surface area contributed by atoms with Gasteiger partial charge in [-0.3, -0.25) is 4.79 Å². The third-order valence-electron chi connectivity index (χ3n) is 3.57. The minimum absolute atomic E-state index is 0.166. The summed E-state index contributed by atoms with van der Waals surface area (Å²) >= 11 is 9.43. The molecule has 0 radical (unpaired) electrons. The fraction of sp³-hybridized carbons (Fsp3) is 0.467. The van der Waals surface area contributed by atoms with E-state index in [2.05, 4.69) is 20.9 Å². The molecule has 0 atom stereocenters. The molecule has 4 nitrogen and oxygen atoms in total. The molecule has 21 heavy (non-hydrogen) atoms.